The predicted molar refractivity (Wildman–Crippen MR) is 40.9 cm³/mol. The van der Waals surface area contributed by atoms with Gasteiger partial charge in [0, 0.05) is 0 Å². The minimum Gasteiger partial charge on any atom is -1.00 e. The number of terminal acetylenes is 1. The molecule has 10 heavy (non-hydrogen) atoms. The maximum absolute atomic E-state index is 4.00. The molecule has 1 aromatic rings. The summed E-state index contributed by atoms with van der Waals surface area (Å²) in [7, 11) is 0. The Hall–Kier alpha value is 0.0262. The molecule has 1 rings (SSSR count). The van der Waals surface area contributed by atoms with Crippen molar-refractivity contribution in [1.82, 2.24) is 0 Å². The quantitative estimate of drug-likeness (QED) is 0.272. The van der Waals surface area contributed by atoms with Crippen molar-refractivity contribution in [3.63, 3.8) is 0 Å². The molecule has 0 aliphatic heterocycles. The van der Waals surface area contributed by atoms with Gasteiger partial charge >= 0.3 is 23.1 Å². The maximum atomic E-state index is 4.00. The molecule has 0 nitrogen and oxygen atoms in total. The smallest absolute Gasteiger partial charge is 1.00 e. The van der Waals surface area contributed by atoms with Gasteiger partial charge in [-0.2, -0.15) is 36.4 Å². The van der Waals surface area contributed by atoms with E-state index in [0.29, 0.717) is 0 Å². The fourth-order valence-electron chi connectivity index (χ4n) is 0.342. The van der Waals surface area contributed by atoms with Crippen molar-refractivity contribution in [3.05, 3.63) is 36.4 Å². The Morgan fingerprint density at radius 3 is 1.40 bits per heavy atom. The molecule has 0 aromatic heterocycles. The van der Waals surface area contributed by atoms with E-state index in [-0.39, 0.29) is 40.0 Å². The van der Waals surface area contributed by atoms with Gasteiger partial charge in [0.25, 0.3) is 0 Å². The first kappa shape index (κ1) is 16.5. The van der Waals surface area contributed by atoms with Crippen molar-refractivity contribution in [3.8, 4) is 12.8 Å². The Kier molecular flexibility index (Phi) is 26.5. The maximum Gasteiger partial charge on any atom is 2.00 e. The fourth-order valence-corrected chi connectivity index (χ4v) is 0.342. The van der Waals surface area contributed by atoms with Crippen LogP contribution in [-0.2, 0) is 0 Å². The number of rotatable bonds is 0. The number of benzene rings is 1. The minimum absolute atomic E-state index is 0. The average molecular weight is 207 g/mol. The van der Waals surface area contributed by atoms with Crippen LogP contribution in [0.5, 0.6) is 0 Å². The molecule has 0 amide bonds. The molecule has 1 aromatic carbocycles. The molecule has 48 valence electrons. The molecular weight excluding hydrogens is 200 g/mol. The Labute approximate surface area is 88.9 Å². The summed E-state index contributed by atoms with van der Waals surface area (Å²) < 4.78 is 0. The van der Waals surface area contributed by atoms with Crippen molar-refractivity contribution in [2.45, 2.75) is 0 Å². The van der Waals surface area contributed by atoms with Gasteiger partial charge < -0.3 is 17.0 Å². The van der Waals surface area contributed by atoms with Crippen molar-refractivity contribution in [2.24, 2.45) is 0 Å². The molecule has 0 saturated carbocycles. The SMILES string of the molecule is C#C.[Br-].[Mg+2].[c-]1ccccc1. The van der Waals surface area contributed by atoms with Gasteiger partial charge in [0.1, 0.15) is 0 Å². The van der Waals surface area contributed by atoms with E-state index < -0.39 is 0 Å². The first-order chi connectivity index (χ1) is 4.00. The van der Waals surface area contributed by atoms with E-state index >= 15 is 0 Å². The Morgan fingerprint density at radius 2 is 1.30 bits per heavy atom. The van der Waals surface area contributed by atoms with E-state index in [0.717, 1.165) is 0 Å². The zero-order valence-corrected chi connectivity index (χ0v) is 8.63. The van der Waals surface area contributed by atoms with Gasteiger partial charge in [-0.25, -0.2) is 0 Å². The van der Waals surface area contributed by atoms with E-state index in [9.17, 15) is 0 Å². The molecule has 0 bridgehead atoms. The van der Waals surface area contributed by atoms with E-state index in [4.69, 9.17) is 0 Å². The van der Waals surface area contributed by atoms with Crippen molar-refractivity contribution >= 4 is 23.1 Å². The molecule has 0 heterocycles. The molecule has 0 radical (unpaired) electrons. The van der Waals surface area contributed by atoms with E-state index in [1.54, 1.807) is 0 Å². The van der Waals surface area contributed by atoms with Crippen LogP contribution in [0.25, 0.3) is 0 Å². The van der Waals surface area contributed by atoms with Crippen molar-refractivity contribution < 1.29 is 17.0 Å². The Morgan fingerprint density at radius 1 is 0.900 bits per heavy atom. The summed E-state index contributed by atoms with van der Waals surface area (Å²) in [6, 6.07) is 12.5. The Balaban J connectivity index is -0.000000114. The molecule has 0 aliphatic rings. The van der Waals surface area contributed by atoms with Gasteiger partial charge in [0.05, 0.1) is 0 Å². The second-order valence-corrected chi connectivity index (χ2v) is 1.08. The third-order valence-electron chi connectivity index (χ3n) is 0.607. The number of hydrogen-bond donors (Lipinski definition) is 0. The van der Waals surface area contributed by atoms with E-state index in [1.165, 1.54) is 0 Å². The fraction of sp³-hybridized carbons (Fsp3) is 0. The zero-order chi connectivity index (χ0) is 6.24. The molecule has 0 N–H and O–H groups in total. The van der Waals surface area contributed by atoms with Gasteiger partial charge in [-0.05, 0) is 0 Å². The van der Waals surface area contributed by atoms with Crippen LogP contribution in [0.1, 0.15) is 0 Å². The standard InChI is InChI=1S/C6H5.C2H2.BrH.Mg/c1-2-4-6-5-3-1;1-2;;/h1-5H;1-2H;1H;/q-1;;;+2/p-1. The normalized spacial score (nSPS) is 5.00. The van der Waals surface area contributed by atoms with Crippen LogP contribution in [0.2, 0.25) is 0 Å². The first-order valence-corrected chi connectivity index (χ1v) is 2.24. The van der Waals surface area contributed by atoms with Crippen LogP contribution < -0.4 is 17.0 Å². The van der Waals surface area contributed by atoms with Crippen LogP contribution in [-0.4, -0.2) is 23.1 Å². The first-order valence-electron chi connectivity index (χ1n) is 2.24. The number of hydrogen-bond acceptors (Lipinski definition) is 0. The molecule has 0 saturated heterocycles. The number of halogens is 1. The van der Waals surface area contributed by atoms with E-state index in [2.05, 4.69) is 18.9 Å². The molecule has 2 heteroatoms. The Bertz CT molecular complexity index is 110. The van der Waals surface area contributed by atoms with Gasteiger partial charge in [-0.3, -0.25) is 0 Å². The average Bonchev–Trinajstić information content (AvgIpc) is 1.96. The molecule has 0 spiro atoms. The van der Waals surface area contributed by atoms with Crippen LogP contribution in [0, 0.1) is 18.9 Å². The summed E-state index contributed by atoms with van der Waals surface area (Å²) in [5.74, 6) is 0. The largest absolute Gasteiger partial charge is 2.00 e. The summed E-state index contributed by atoms with van der Waals surface area (Å²) in [5.41, 5.74) is 0. The summed E-state index contributed by atoms with van der Waals surface area (Å²) in [4.78, 5) is 0. The zero-order valence-electron chi connectivity index (χ0n) is 5.63. The van der Waals surface area contributed by atoms with Crippen LogP contribution in [0.15, 0.2) is 30.3 Å². The summed E-state index contributed by atoms with van der Waals surface area (Å²) in [5, 5.41) is 0. The van der Waals surface area contributed by atoms with Crippen molar-refractivity contribution in [2.75, 3.05) is 0 Å². The van der Waals surface area contributed by atoms with Crippen LogP contribution >= 0.6 is 0 Å². The predicted octanol–water partition coefficient (Wildman–Crippen LogP) is -1.64. The molecule has 0 atom stereocenters. The third-order valence-corrected chi connectivity index (χ3v) is 0.607. The van der Waals surface area contributed by atoms with Crippen LogP contribution in [0.4, 0.5) is 0 Å². The molecule has 0 fully saturated rings. The molecule has 0 aliphatic carbocycles. The third kappa shape index (κ3) is 10.9. The van der Waals surface area contributed by atoms with Gasteiger partial charge in [-0.15, -0.1) is 12.8 Å². The summed E-state index contributed by atoms with van der Waals surface area (Å²) in [6.45, 7) is 0. The van der Waals surface area contributed by atoms with Gasteiger partial charge in [0.15, 0.2) is 0 Å². The molecular formula is C8H7BrMg. The second kappa shape index (κ2) is 16.0. The topological polar surface area (TPSA) is 0 Å². The summed E-state index contributed by atoms with van der Waals surface area (Å²) in [6.07, 6.45) is 8.00. The molecule has 0 unspecified atom stereocenters. The van der Waals surface area contributed by atoms with Gasteiger partial charge in [0.2, 0.25) is 0 Å². The second-order valence-electron chi connectivity index (χ2n) is 1.08. The van der Waals surface area contributed by atoms with E-state index in [1.807, 2.05) is 30.3 Å². The van der Waals surface area contributed by atoms with Gasteiger partial charge in [-0.1, -0.05) is 0 Å². The van der Waals surface area contributed by atoms with Crippen molar-refractivity contribution in [1.29, 1.82) is 0 Å². The minimum atomic E-state index is 0. The van der Waals surface area contributed by atoms with Crippen LogP contribution in [0.3, 0.4) is 0 Å². The summed E-state index contributed by atoms with van der Waals surface area (Å²) >= 11 is 0. The monoisotopic (exact) mass is 206 g/mol.